The van der Waals surface area contributed by atoms with Crippen molar-refractivity contribution >= 4 is 17.2 Å². The van der Waals surface area contributed by atoms with E-state index in [9.17, 15) is 4.79 Å². The van der Waals surface area contributed by atoms with Crippen molar-refractivity contribution in [1.29, 1.82) is 0 Å². The van der Waals surface area contributed by atoms with E-state index in [4.69, 9.17) is 10.5 Å². The molecule has 2 aromatic rings. The number of ether oxygens (including phenoxy) is 1. The zero-order chi connectivity index (χ0) is 15.4. The van der Waals surface area contributed by atoms with Gasteiger partial charge in [-0.1, -0.05) is 30.3 Å². The van der Waals surface area contributed by atoms with E-state index >= 15 is 0 Å². The number of hydrogen-bond donors (Lipinski definition) is 2. The average molecular weight is 316 g/mol. The highest BCUT2D eigenvalue weighted by atomic mass is 32.1. The molecule has 3 rings (SSSR count). The van der Waals surface area contributed by atoms with Crippen molar-refractivity contribution in [2.24, 2.45) is 11.7 Å². The Morgan fingerprint density at radius 3 is 2.82 bits per heavy atom. The highest BCUT2D eigenvalue weighted by molar-refractivity contribution is 7.14. The molecule has 0 radical (unpaired) electrons. The first-order valence-electron chi connectivity index (χ1n) is 7.50. The van der Waals surface area contributed by atoms with Crippen LogP contribution in [0.3, 0.4) is 0 Å². The zero-order valence-corrected chi connectivity index (χ0v) is 13.1. The molecule has 0 saturated carbocycles. The van der Waals surface area contributed by atoms with Crippen LogP contribution in [0.5, 0.6) is 0 Å². The minimum Gasteiger partial charge on any atom is -0.373 e. The first kappa shape index (κ1) is 15.2. The predicted molar refractivity (Wildman–Crippen MR) is 87.8 cm³/mol. The van der Waals surface area contributed by atoms with E-state index in [1.165, 1.54) is 16.9 Å². The Labute approximate surface area is 134 Å². The first-order chi connectivity index (χ1) is 10.7. The van der Waals surface area contributed by atoms with Gasteiger partial charge in [0.1, 0.15) is 0 Å². The van der Waals surface area contributed by atoms with E-state index in [1.54, 1.807) is 6.07 Å². The Kier molecular flexibility index (Phi) is 4.87. The molecule has 3 N–H and O–H groups in total. The summed E-state index contributed by atoms with van der Waals surface area (Å²) in [5, 5.41) is 3.47. The number of carbonyl (C=O) groups excluding carboxylic acids is 1. The molecule has 1 aromatic carbocycles. The summed E-state index contributed by atoms with van der Waals surface area (Å²) in [6.45, 7) is 2.48. The summed E-state index contributed by atoms with van der Waals surface area (Å²) in [7, 11) is 0. The number of primary amides is 1. The third-order valence-corrected chi connectivity index (χ3v) is 5.05. The van der Waals surface area contributed by atoms with E-state index < -0.39 is 0 Å². The summed E-state index contributed by atoms with van der Waals surface area (Å²) in [4.78, 5) is 12.8. The molecule has 22 heavy (non-hydrogen) atoms. The van der Waals surface area contributed by atoms with Crippen LogP contribution in [0.2, 0.25) is 0 Å². The molecule has 116 valence electrons. The van der Waals surface area contributed by atoms with Crippen molar-refractivity contribution in [1.82, 2.24) is 5.32 Å². The number of hydrogen-bond acceptors (Lipinski definition) is 4. The standard InChI is InChI=1S/C17H20N2O2S/c18-17(20)15-7-6-14(22-15)11-19-10-13-8-9-21-16(13)12-4-2-1-3-5-12/h1-7,13,16,19H,8-11H2,(H2,18,20)/t13-,16+/m0/s1. The van der Waals surface area contributed by atoms with Crippen LogP contribution >= 0.6 is 11.3 Å². The van der Waals surface area contributed by atoms with Gasteiger partial charge in [-0.15, -0.1) is 11.3 Å². The van der Waals surface area contributed by atoms with Crippen molar-refractivity contribution in [3.63, 3.8) is 0 Å². The number of amides is 1. The minimum atomic E-state index is -0.357. The van der Waals surface area contributed by atoms with Crippen molar-refractivity contribution in [3.8, 4) is 0 Å². The van der Waals surface area contributed by atoms with Gasteiger partial charge in [-0.3, -0.25) is 4.79 Å². The monoisotopic (exact) mass is 316 g/mol. The number of benzene rings is 1. The van der Waals surface area contributed by atoms with E-state index in [2.05, 4.69) is 29.6 Å². The van der Waals surface area contributed by atoms with Crippen LogP contribution in [0.1, 0.15) is 32.6 Å². The molecule has 0 aliphatic carbocycles. The van der Waals surface area contributed by atoms with Gasteiger partial charge in [0.25, 0.3) is 5.91 Å². The molecule has 1 aliphatic heterocycles. The van der Waals surface area contributed by atoms with Crippen LogP contribution < -0.4 is 11.1 Å². The molecule has 5 heteroatoms. The molecule has 0 bridgehead atoms. The SMILES string of the molecule is NC(=O)c1ccc(CNC[C@@H]2CCO[C@@H]2c2ccccc2)s1. The maximum Gasteiger partial charge on any atom is 0.258 e. The fourth-order valence-electron chi connectivity index (χ4n) is 2.84. The molecule has 1 amide bonds. The van der Waals surface area contributed by atoms with Crippen LogP contribution in [-0.4, -0.2) is 19.1 Å². The molecule has 4 nitrogen and oxygen atoms in total. The molecule has 2 heterocycles. The molecule has 1 aliphatic rings. The van der Waals surface area contributed by atoms with Gasteiger partial charge in [0.05, 0.1) is 11.0 Å². The lowest BCUT2D eigenvalue weighted by Gasteiger charge is -2.19. The topological polar surface area (TPSA) is 64.4 Å². The smallest absolute Gasteiger partial charge is 0.258 e. The molecule has 0 unspecified atom stereocenters. The van der Waals surface area contributed by atoms with Crippen molar-refractivity contribution in [2.45, 2.75) is 19.1 Å². The van der Waals surface area contributed by atoms with Crippen molar-refractivity contribution in [3.05, 3.63) is 57.8 Å². The van der Waals surface area contributed by atoms with Gasteiger partial charge < -0.3 is 15.8 Å². The summed E-state index contributed by atoms with van der Waals surface area (Å²) in [5.74, 6) is 0.127. The lowest BCUT2D eigenvalue weighted by molar-refractivity contribution is 0.0904. The third-order valence-electron chi connectivity index (χ3n) is 3.95. The molecule has 1 saturated heterocycles. The zero-order valence-electron chi connectivity index (χ0n) is 12.3. The first-order valence-corrected chi connectivity index (χ1v) is 8.31. The summed E-state index contributed by atoms with van der Waals surface area (Å²) in [6, 6.07) is 14.1. The lowest BCUT2D eigenvalue weighted by atomic mass is 9.95. The number of carbonyl (C=O) groups is 1. The Morgan fingerprint density at radius 2 is 2.09 bits per heavy atom. The molecule has 1 fully saturated rings. The number of nitrogens with two attached hydrogens (primary N) is 1. The number of nitrogens with one attached hydrogen (secondary N) is 1. The second-order valence-electron chi connectivity index (χ2n) is 5.51. The summed E-state index contributed by atoms with van der Waals surface area (Å²) in [5.41, 5.74) is 6.52. The normalized spacial score (nSPS) is 21.1. The largest absolute Gasteiger partial charge is 0.373 e. The Balaban J connectivity index is 1.53. The van der Waals surface area contributed by atoms with E-state index in [0.717, 1.165) is 31.0 Å². The number of thiophene rings is 1. The predicted octanol–water partition coefficient (Wildman–Crippen LogP) is 2.71. The highest BCUT2D eigenvalue weighted by Gasteiger charge is 2.29. The molecular weight excluding hydrogens is 296 g/mol. The fourth-order valence-corrected chi connectivity index (χ4v) is 3.67. The summed E-state index contributed by atoms with van der Waals surface area (Å²) >= 11 is 1.45. The van der Waals surface area contributed by atoms with Crippen LogP contribution in [0.4, 0.5) is 0 Å². The van der Waals surface area contributed by atoms with Crippen LogP contribution in [0.25, 0.3) is 0 Å². The van der Waals surface area contributed by atoms with E-state index in [-0.39, 0.29) is 12.0 Å². The number of rotatable bonds is 6. The molecular formula is C17H20N2O2S. The van der Waals surface area contributed by atoms with Gasteiger partial charge in [-0.2, -0.15) is 0 Å². The van der Waals surface area contributed by atoms with Gasteiger partial charge in [-0.25, -0.2) is 0 Å². The van der Waals surface area contributed by atoms with Crippen LogP contribution in [0, 0.1) is 5.92 Å². The van der Waals surface area contributed by atoms with Gasteiger partial charge in [-0.05, 0) is 24.1 Å². The second kappa shape index (κ2) is 7.05. The summed E-state index contributed by atoms with van der Waals surface area (Å²) < 4.78 is 5.89. The molecule has 2 atom stereocenters. The van der Waals surface area contributed by atoms with Crippen LogP contribution in [-0.2, 0) is 11.3 Å². The van der Waals surface area contributed by atoms with Gasteiger partial charge >= 0.3 is 0 Å². The molecule has 0 spiro atoms. The van der Waals surface area contributed by atoms with Crippen LogP contribution in [0.15, 0.2) is 42.5 Å². The average Bonchev–Trinajstić information content (AvgIpc) is 3.17. The Bertz CT molecular complexity index is 627. The lowest BCUT2D eigenvalue weighted by Crippen LogP contribution is -2.24. The third kappa shape index (κ3) is 3.55. The fraction of sp³-hybridized carbons (Fsp3) is 0.353. The summed E-state index contributed by atoms with van der Waals surface area (Å²) in [6.07, 6.45) is 1.25. The van der Waals surface area contributed by atoms with E-state index in [0.29, 0.717) is 10.8 Å². The Morgan fingerprint density at radius 1 is 1.27 bits per heavy atom. The van der Waals surface area contributed by atoms with Gasteiger partial charge in [0.2, 0.25) is 0 Å². The second-order valence-corrected chi connectivity index (χ2v) is 6.68. The van der Waals surface area contributed by atoms with Crippen molar-refractivity contribution < 1.29 is 9.53 Å². The van der Waals surface area contributed by atoms with Gasteiger partial charge in [0, 0.05) is 30.5 Å². The Hall–Kier alpha value is -1.69. The maximum absolute atomic E-state index is 11.1. The molecule has 1 aromatic heterocycles. The quantitative estimate of drug-likeness (QED) is 0.861. The van der Waals surface area contributed by atoms with Crippen molar-refractivity contribution in [2.75, 3.05) is 13.2 Å². The van der Waals surface area contributed by atoms with Gasteiger partial charge in [0.15, 0.2) is 0 Å². The highest BCUT2D eigenvalue weighted by Crippen LogP contribution is 2.33. The maximum atomic E-state index is 11.1. The minimum absolute atomic E-state index is 0.179. The van der Waals surface area contributed by atoms with E-state index in [1.807, 2.05) is 12.1 Å².